The normalized spacial score (nSPS) is 44.9. The van der Waals surface area contributed by atoms with E-state index in [0.717, 1.165) is 26.1 Å². The van der Waals surface area contributed by atoms with Gasteiger partial charge in [0.05, 0.1) is 19.3 Å². The standard InChI is InChI=1S/C10H19O3PS/c1-4-5-10-6-11-14(15,12-7-10)13-9(10)8(2)3/h8-9H,4-7H2,1-3H3. The van der Waals surface area contributed by atoms with Gasteiger partial charge in [-0.05, 0) is 24.1 Å². The molecule has 3 fully saturated rings. The third-order valence-corrected chi connectivity index (χ3v) is 5.49. The van der Waals surface area contributed by atoms with Gasteiger partial charge in [-0.1, -0.05) is 27.2 Å². The van der Waals surface area contributed by atoms with Crippen molar-refractivity contribution in [3.63, 3.8) is 0 Å². The Balaban J connectivity index is 2.24. The Morgan fingerprint density at radius 3 is 2.47 bits per heavy atom. The lowest BCUT2D eigenvalue weighted by Crippen LogP contribution is -2.53. The van der Waals surface area contributed by atoms with E-state index in [9.17, 15) is 0 Å². The highest BCUT2D eigenvalue weighted by Crippen LogP contribution is 2.64. The highest BCUT2D eigenvalue weighted by molar-refractivity contribution is 8.07. The fourth-order valence-electron chi connectivity index (χ4n) is 2.58. The molecule has 1 unspecified atom stereocenters. The van der Waals surface area contributed by atoms with E-state index in [1.54, 1.807) is 0 Å². The first-order valence-corrected chi connectivity index (χ1v) is 8.14. The molecule has 88 valence electrons. The van der Waals surface area contributed by atoms with E-state index in [0.29, 0.717) is 5.92 Å². The summed E-state index contributed by atoms with van der Waals surface area (Å²) in [6, 6.07) is 0. The van der Waals surface area contributed by atoms with Crippen molar-refractivity contribution in [3.05, 3.63) is 0 Å². The second-order valence-corrected chi connectivity index (χ2v) is 7.84. The molecule has 5 heteroatoms. The van der Waals surface area contributed by atoms with Gasteiger partial charge in [-0.3, -0.25) is 0 Å². The van der Waals surface area contributed by atoms with Gasteiger partial charge in [0.25, 0.3) is 0 Å². The van der Waals surface area contributed by atoms with Crippen LogP contribution in [0.4, 0.5) is 0 Å². The van der Waals surface area contributed by atoms with Crippen LogP contribution >= 0.6 is 6.72 Å². The van der Waals surface area contributed by atoms with Crippen LogP contribution in [0.5, 0.6) is 0 Å². The summed E-state index contributed by atoms with van der Waals surface area (Å²) in [5.41, 5.74) is 0.0451. The lowest BCUT2D eigenvalue weighted by molar-refractivity contribution is -0.142. The van der Waals surface area contributed by atoms with Crippen LogP contribution < -0.4 is 0 Å². The maximum atomic E-state index is 5.87. The second-order valence-electron chi connectivity index (χ2n) is 4.88. The predicted octanol–water partition coefficient (Wildman–Crippen LogP) is 3.10. The molecule has 0 amide bonds. The van der Waals surface area contributed by atoms with E-state index < -0.39 is 6.72 Å². The number of fused-ring (bicyclic) bond motifs is 3. The van der Waals surface area contributed by atoms with Crippen LogP contribution in [0.15, 0.2) is 0 Å². The summed E-state index contributed by atoms with van der Waals surface area (Å²) in [5.74, 6) is 0.478. The monoisotopic (exact) mass is 250 g/mol. The molecule has 3 saturated heterocycles. The van der Waals surface area contributed by atoms with E-state index in [-0.39, 0.29) is 11.5 Å². The molecule has 0 saturated carbocycles. The van der Waals surface area contributed by atoms with Gasteiger partial charge in [-0.15, -0.1) is 0 Å². The fourth-order valence-corrected chi connectivity index (χ4v) is 4.95. The van der Waals surface area contributed by atoms with Crippen LogP contribution in [0.3, 0.4) is 0 Å². The summed E-state index contributed by atoms with van der Waals surface area (Å²) in [4.78, 5) is 0. The zero-order valence-electron chi connectivity index (χ0n) is 9.56. The molecule has 0 radical (unpaired) electrons. The molecule has 3 nitrogen and oxygen atoms in total. The largest absolute Gasteiger partial charge is 0.327 e. The van der Waals surface area contributed by atoms with Gasteiger partial charge < -0.3 is 13.6 Å². The SMILES string of the molecule is CCCC12COP(=S)(OC1)OC2C(C)C. The van der Waals surface area contributed by atoms with Crippen molar-refractivity contribution in [3.8, 4) is 0 Å². The maximum absolute atomic E-state index is 5.87. The van der Waals surface area contributed by atoms with Crippen molar-refractivity contribution in [1.82, 2.24) is 0 Å². The topological polar surface area (TPSA) is 27.7 Å². The number of hydrogen-bond donors (Lipinski definition) is 0. The third-order valence-electron chi connectivity index (χ3n) is 3.22. The second kappa shape index (κ2) is 4.08. The van der Waals surface area contributed by atoms with Crippen LogP contribution in [0.25, 0.3) is 0 Å². The summed E-state index contributed by atoms with van der Waals surface area (Å²) in [6.07, 6.45) is 2.43. The van der Waals surface area contributed by atoms with E-state index >= 15 is 0 Å². The molecule has 15 heavy (non-hydrogen) atoms. The third kappa shape index (κ3) is 2.03. The molecular formula is C10H19O3PS. The molecule has 0 aliphatic carbocycles. The van der Waals surface area contributed by atoms with Gasteiger partial charge >= 0.3 is 6.72 Å². The molecule has 3 aliphatic rings. The Hall–Kier alpha value is 0.530. The molecule has 0 spiro atoms. The average molecular weight is 250 g/mol. The Morgan fingerprint density at radius 2 is 2.00 bits per heavy atom. The summed E-state index contributed by atoms with van der Waals surface area (Å²) in [6.45, 7) is 5.63. The van der Waals surface area contributed by atoms with Crippen molar-refractivity contribution in [2.75, 3.05) is 13.2 Å². The van der Waals surface area contributed by atoms with Crippen molar-refractivity contribution in [2.45, 2.75) is 39.7 Å². The Labute approximate surface area is 96.7 Å². The van der Waals surface area contributed by atoms with E-state index in [1.807, 2.05) is 0 Å². The fraction of sp³-hybridized carbons (Fsp3) is 1.00. The first-order chi connectivity index (χ1) is 7.01. The molecule has 0 aromatic rings. The van der Waals surface area contributed by atoms with Gasteiger partial charge in [0.2, 0.25) is 0 Å². The quantitative estimate of drug-likeness (QED) is 0.719. The molecule has 3 aliphatic heterocycles. The van der Waals surface area contributed by atoms with Crippen molar-refractivity contribution >= 4 is 18.5 Å². The lowest BCUT2D eigenvalue weighted by Gasteiger charge is -2.53. The zero-order chi connectivity index (χ0) is 11.1. The first kappa shape index (κ1) is 12.0. The summed E-state index contributed by atoms with van der Waals surface area (Å²) in [7, 11) is 0. The Kier molecular flexibility index (Phi) is 3.26. The Bertz CT molecular complexity index is 280. The van der Waals surface area contributed by atoms with E-state index in [4.69, 9.17) is 25.4 Å². The van der Waals surface area contributed by atoms with Gasteiger partial charge in [0.15, 0.2) is 0 Å². The number of rotatable bonds is 3. The Morgan fingerprint density at radius 1 is 1.40 bits per heavy atom. The molecular weight excluding hydrogens is 231 g/mol. The highest BCUT2D eigenvalue weighted by Gasteiger charge is 2.54. The molecule has 2 bridgehead atoms. The molecule has 3 rings (SSSR count). The number of hydrogen-bond acceptors (Lipinski definition) is 4. The molecule has 3 heterocycles. The van der Waals surface area contributed by atoms with Crippen molar-refractivity contribution < 1.29 is 13.6 Å². The summed E-state index contributed by atoms with van der Waals surface area (Å²) < 4.78 is 17.0. The average Bonchev–Trinajstić information content (AvgIpc) is 2.20. The van der Waals surface area contributed by atoms with Gasteiger partial charge in [0.1, 0.15) is 0 Å². The van der Waals surface area contributed by atoms with Crippen molar-refractivity contribution in [2.24, 2.45) is 11.3 Å². The first-order valence-electron chi connectivity index (χ1n) is 5.59. The minimum atomic E-state index is -2.37. The summed E-state index contributed by atoms with van der Waals surface area (Å²) in [5, 5.41) is 0. The minimum absolute atomic E-state index is 0.0451. The zero-order valence-corrected chi connectivity index (χ0v) is 11.3. The highest BCUT2D eigenvalue weighted by atomic mass is 32.5. The van der Waals surface area contributed by atoms with Crippen LogP contribution in [0, 0.1) is 11.3 Å². The van der Waals surface area contributed by atoms with Crippen LogP contribution in [-0.4, -0.2) is 19.3 Å². The molecule has 0 N–H and O–H groups in total. The summed E-state index contributed by atoms with van der Waals surface area (Å²) >= 11 is 5.27. The van der Waals surface area contributed by atoms with Crippen LogP contribution in [-0.2, 0) is 25.4 Å². The van der Waals surface area contributed by atoms with Crippen molar-refractivity contribution in [1.29, 1.82) is 0 Å². The molecule has 1 atom stereocenters. The smallest absolute Gasteiger partial charge is 0.308 e. The lowest BCUT2D eigenvalue weighted by atomic mass is 9.75. The van der Waals surface area contributed by atoms with E-state index in [2.05, 4.69) is 20.8 Å². The maximum Gasteiger partial charge on any atom is 0.327 e. The molecule has 0 aromatic carbocycles. The van der Waals surface area contributed by atoms with Gasteiger partial charge in [-0.2, -0.15) is 0 Å². The minimum Gasteiger partial charge on any atom is -0.308 e. The van der Waals surface area contributed by atoms with Crippen LogP contribution in [0.1, 0.15) is 33.6 Å². The van der Waals surface area contributed by atoms with Gasteiger partial charge in [-0.25, -0.2) is 0 Å². The predicted molar refractivity (Wildman–Crippen MR) is 63.2 cm³/mol. The van der Waals surface area contributed by atoms with E-state index in [1.165, 1.54) is 0 Å². The van der Waals surface area contributed by atoms with Gasteiger partial charge in [0, 0.05) is 5.41 Å². The van der Waals surface area contributed by atoms with Crippen LogP contribution in [0.2, 0.25) is 0 Å². The molecule has 0 aromatic heterocycles.